The van der Waals surface area contributed by atoms with Gasteiger partial charge in [-0.15, -0.1) is 12.4 Å². The van der Waals surface area contributed by atoms with E-state index in [4.69, 9.17) is 16.7 Å². The van der Waals surface area contributed by atoms with Crippen molar-refractivity contribution < 1.29 is 9.90 Å². The molecular weight excluding hydrogens is 249 g/mol. The van der Waals surface area contributed by atoms with Gasteiger partial charge in [-0.3, -0.25) is 0 Å². The van der Waals surface area contributed by atoms with E-state index in [1.54, 1.807) is 12.1 Å². The Labute approximate surface area is 103 Å². The molecule has 0 saturated heterocycles. The van der Waals surface area contributed by atoms with Crippen LogP contribution in [0.3, 0.4) is 0 Å². The molecule has 84 valence electrons. The summed E-state index contributed by atoms with van der Waals surface area (Å²) < 4.78 is 0. The Morgan fingerprint density at radius 2 is 1.88 bits per heavy atom. The molecule has 2 rings (SSSR count). The van der Waals surface area contributed by atoms with Crippen LogP contribution in [0.5, 0.6) is 0 Å². The van der Waals surface area contributed by atoms with Gasteiger partial charge in [0, 0.05) is 16.3 Å². The van der Waals surface area contributed by atoms with Crippen molar-refractivity contribution in [3.63, 3.8) is 0 Å². The zero-order valence-corrected chi connectivity index (χ0v) is 9.68. The summed E-state index contributed by atoms with van der Waals surface area (Å²) in [7, 11) is 0. The summed E-state index contributed by atoms with van der Waals surface area (Å²) in [6, 6.07) is 10.5. The topological polar surface area (TPSA) is 53.1 Å². The number of rotatable bonds is 2. The second kappa shape index (κ2) is 5.05. The van der Waals surface area contributed by atoms with Crippen molar-refractivity contribution in [2.45, 2.75) is 0 Å². The lowest BCUT2D eigenvalue weighted by Crippen LogP contribution is -1.95. The normalized spacial score (nSPS) is 9.56. The number of halogens is 2. The van der Waals surface area contributed by atoms with Crippen LogP contribution in [0, 0.1) is 0 Å². The molecule has 1 aromatic heterocycles. The largest absolute Gasteiger partial charge is 0.477 e. The summed E-state index contributed by atoms with van der Waals surface area (Å²) in [6.07, 6.45) is 0. The minimum atomic E-state index is -0.978. The average molecular weight is 258 g/mol. The fraction of sp³-hybridized carbons (Fsp3) is 0. The SMILES string of the molecule is Cl.O=C(O)c1ccc(-c2ccccc2Cl)[nH]1. The van der Waals surface area contributed by atoms with E-state index >= 15 is 0 Å². The predicted octanol–water partition coefficient (Wildman–Crippen LogP) is 3.46. The third kappa shape index (κ3) is 2.38. The molecule has 2 aromatic rings. The quantitative estimate of drug-likeness (QED) is 0.866. The summed E-state index contributed by atoms with van der Waals surface area (Å²) >= 11 is 5.98. The molecule has 0 amide bonds. The fourth-order valence-electron chi connectivity index (χ4n) is 1.36. The molecule has 0 aliphatic heterocycles. The number of H-pyrrole nitrogens is 1. The highest BCUT2D eigenvalue weighted by Crippen LogP contribution is 2.26. The van der Waals surface area contributed by atoms with Crippen molar-refractivity contribution >= 4 is 30.0 Å². The summed E-state index contributed by atoms with van der Waals surface area (Å²) in [5.41, 5.74) is 1.66. The van der Waals surface area contributed by atoms with Crippen LogP contribution in [0.2, 0.25) is 5.02 Å². The highest BCUT2D eigenvalue weighted by atomic mass is 35.5. The van der Waals surface area contributed by atoms with Gasteiger partial charge >= 0.3 is 5.97 Å². The van der Waals surface area contributed by atoms with E-state index in [1.165, 1.54) is 6.07 Å². The predicted molar refractivity (Wildman–Crippen MR) is 65.4 cm³/mol. The van der Waals surface area contributed by atoms with E-state index in [0.29, 0.717) is 10.7 Å². The van der Waals surface area contributed by atoms with Crippen LogP contribution in [0.1, 0.15) is 10.5 Å². The van der Waals surface area contributed by atoms with Crippen LogP contribution in [0.4, 0.5) is 0 Å². The van der Waals surface area contributed by atoms with Gasteiger partial charge in [-0.05, 0) is 18.2 Å². The number of aromatic amines is 1. The maximum absolute atomic E-state index is 10.7. The number of carboxylic acid groups (broad SMARTS) is 1. The highest BCUT2D eigenvalue weighted by Gasteiger charge is 2.08. The first-order valence-electron chi connectivity index (χ1n) is 4.35. The molecule has 5 heteroatoms. The summed E-state index contributed by atoms with van der Waals surface area (Å²) in [6.45, 7) is 0. The smallest absolute Gasteiger partial charge is 0.352 e. The number of nitrogens with one attached hydrogen (secondary N) is 1. The Bertz CT molecular complexity index is 508. The first-order valence-corrected chi connectivity index (χ1v) is 4.73. The van der Waals surface area contributed by atoms with Gasteiger partial charge in [-0.1, -0.05) is 29.8 Å². The molecule has 0 bridgehead atoms. The maximum Gasteiger partial charge on any atom is 0.352 e. The standard InChI is InChI=1S/C11H8ClNO2.ClH/c12-8-4-2-1-3-7(8)9-5-6-10(13-9)11(14)15;/h1-6,13H,(H,14,15);1H. The number of aromatic nitrogens is 1. The van der Waals surface area contributed by atoms with Crippen molar-refractivity contribution in [3.05, 3.63) is 47.1 Å². The van der Waals surface area contributed by atoms with E-state index in [-0.39, 0.29) is 18.1 Å². The first-order chi connectivity index (χ1) is 7.18. The number of hydrogen-bond acceptors (Lipinski definition) is 1. The molecular formula is C11H9Cl2NO2. The molecule has 0 unspecified atom stereocenters. The molecule has 0 fully saturated rings. The van der Waals surface area contributed by atoms with Gasteiger partial charge in [0.1, 0.15) is 5.69 Å². The van der Waals surface area contributed by atoms with Crippen LogP contribution in [-0.4, -0.2) is 16.1 Å². The Morgan fingerprint density at radius 3 is 2.44 bits per heavy atom. The molecule has 0 radical (unpaired) electrons. The summed E-state index contributed by atoms with van der Waals surface area (Å²) in [5, 5.41) is 9.34. The average Bonchev–Trinajstić information content (AvgIpc) is 2.67. The van der Waals surface area contributed by atoms with Crippen LogP contribution >= 0.6 is 24.0 Å². The van der Waals surface area contributed by atoms with Crippen LogP contribution < -0.4 is 0 Å². The van der Waals surface area contributed by atoms with Gasteiger partial charge in [-0.2, -0.15) is 0 Å². The molecule has 0 aliphatic carbocycles. The fourth-order valence-corrected chi connectivity index (χ4v) is 1.59. The van der Waals surface area contributed by atoms with E-state index in [0.717, 1.165) is 5.56 Å². The van der Waals surface area contributed by atoms with E-state index < -0.39 is 5.97 Å². The monoisotopic (exact) mass is 257 g/mol. The van der Waals surface area contributed by atoms with Gasteiger partial charge in [0.2, 0.25) is 0 Å². The van der Waals surface area contributed by atoms with Crippen molar-refractivity contribution in [1.82, 2.24) is 4.98 Å². The zero-order valence-electron chi connectivity index (χ0n) is 8.11. The molecule has 1 aromatic carbocycles. The van der Waals surface area contributed by atoms with Crippen molar-refractivity contribution in [2.75, 3.05) is 0 Å². The Hall–Kier alpha value is -1.45. The van der Waals surface area contributed by atoms with Crippen molar-refractivity contribution in [1.29, 1.82) is 0 Å². The van der Waals surface area contributed by atoms with Gasteiger partial charge in [0.15, 0.2) is 0 Å². The molecule has 1 heterocycles. The van der Waals surface area contributed by atoms with Crippen molar-refractivity contribution in [3.8, 4) is 11.3 Å². The molecule has 3 nitrogen and oxygen atoms in total. The minimum Gasteiger partial charge on any atom is -0.477 e. The van der Waals surface area contributed by atoms with Gasteiger partial charge < -0.3 is 10.1 Å². The van der Waals surface area contributed by atoms with Gasteiger partial charge in [0.25, 0.3) is 0 Å². The number of carboxylic acids is 1. The Balaban J connectivity index is 0.00000128. The molecule has 2 N–H and O–H groups in total. The Kier molecular flexibility index (Phi) is 3.99. The van der Waals surface area contributed by atoms with Crippen molar-refractivity contribution in [2.24, 2.45) is 0 Å². The lowest BCUT2D eigenvalue weighted by atomic mass is 10.2. The molecule has 0 atom stereocenters. The van der Waals surface area contributed by atoms with Gasteiger partial charge in [0.05, 0.1) is 0 Å². The lowest BCUT2D eigenvalue weighted by Gasteiger charge is -2.00. The van der Waals surface area contributed by atoms with E-state index in [9.17, 15) is 4.79 Å². The van der Waals surface area contributed by atoms with Gasteiger partial charge in [-0.25, -0.2) is 4.79 Å². The molecule has 0 spiro atoms. The minimum absolute atomic E-state index is 0. The number of aromatic carboxylic acids is 1. The summed E-state index contributed by atoms with van der Waals surface area (Å²) in [4.78, 5) is 13.5. The number of benzene rings is 1. The first kappa shape index (κ1) is 12.6. The van der Waals surface area contributed by atoms with Crippen LogP contribution in [0.25, 0.3) is 11.3 Å². The highest BCUT2D eigenvalue weighted by molar-refractivity contribution is 6.33. The summed E-state index contributed by atoms with van der Waals surface area (Å²) in [5.74, 6) is -0.978. The zero-order chi connectivity index (χ0) is 10.8. The van der Waals surface area contributed by atoms with Crippen LogP contribution in [0.15, 0.2) is 36.4 Å². The second-order valence-electron chi connectivity index (χ2n) is 3.07. The third-order valence-electron chi connectivity index (χ3n) is 2.08. The molecule has 16 heavy (non-hydrogen) atoms. The number of hydrogen-bond donors (Lipinski definition) is 2. The van der Waals surface area contributed by atoms with Crippen LogP contribution in [-0.2, 0) is 0 Å². The lowest BCUT2D eigenvalue weighted by molar-refractivity contribution is 0.0691. The maximum atomic E-state index is 10.7. The van der Waals surface area contributed by atoms with E-state index in [1.807, 2.05) is 18.2 Å². The molecule has 0 aliphatic rings. The molecule has 0 saturated carbocycles. The number of carbonyl (C=O) groups is 1. The Morgan fingerprint density at radius 1 is 1.19 bits per heavy atom. The third-order valence-corrected chi connectivity index (χ3v) is 2.41. The van der Waals surface area contributed by atoms with E-state index in [2.05, 4.69) is 4.98 Å². The second-order valence-corrected chi connectivity index (χ2v) is 3.48.